The van der Waals surface area contributed by atoms with Crippen LogP contribution in [0.2, 0.25) is 0 Å². The first kappa shape index (κ1) is 20.8. The molecule has 1 rings (SSSR count). The summed E-state index contributed by atoms with van der Waals surface area (Å²) in [4.78, 5) is 45.2. The molecule has 0 aliphatic carbocycles. The summed E-state index contributed by atoms with van der Waals surface area (Å²) in [7, 11) is 1.30. The highest BCUT2D eigenvalue weighted by atomic mass is 16.7. The van der Waals surface area contributed by atoms with Gasteiger partial charge in [0.15, 0.2) is 12.2 Å². The number of hydrogen-bond acceptors (Lipinski definition) is 10. The standard InChI is InChI=1S/C15H22O10/c1-7(16)21-6-11-12(22-8(2)17)13(20-5)14(23-9(3)18)15(25-11)24-10(4)19/h11-15H,6H2,1-5H3/t11-,12-,13+,14-,15-/m1/s1. The lowest BCUT2D eigenvalue weighted by Crippen LogP contribution is -2.62. The van der Waals surface area contributed by atoms with Gasteiger partial charge in [-0.05, 0) is 0 Å². The molecule has 0 aromatic carbocycles. The summed E-state index contributed by atoms with van der Waals surface area (Å²) in [5, 5.41) is 0. The van der Waals surface area contributed by atoms with Crippen molar-refractivity contribution < 1.29 is 47.6 Å². The molecule has 0 spiro atoms. The van der Waals surface area contributed by atoms with Crippen molar-refractivity contribution in [2.75, 3.05) is 13.7 Å². The highest BCUT2D eigenvalue weighted by molar-refractivity contribution is 5.68. The Balaban J connectivity index is 3.14. The van der Waals surface area contributed by atoms with Gasteiger partial charge in [0, 0.05) is 34.8 Å². The second-order valence-corrected chi connectivity index (χ2v) is 5.30. The Kier molecular flexibility index (Phi) is 7.78. The Morgan fingerprint density at radius 3 is 1.72 bits per heavy atom. The zero-order valence-corrected chi connectivity index (χ0v) is 14.7. The maximum atomic E-state index is 11.4. The number of carbonyl (C=O) groups is 4. The molecule has 0 aromatic rings. The fraction of sp³-hybridized carbons (Fsp3) is 0.733. The molecular weight excluding hydrogens is 340 g/mol. The molecule has 0 bridgehead atoms. The Hall–Kier alpha value is -2.20. The summed E-state index contributed by atoms with van der Waals surface area (Å²) >= 11 is 0. The zero-order valence-electron chi connectivity index (χ0n) is 14.7. The van der Waals surface area contributed by atoms with Crippen molar-refractivity contribution in [1.29, 1.82) is 0 Å². The maximum absolute atomic E-state index is 11.4. The molecule has 10 nitrogen and oxygen atoms in total. The van der Waals surface area contributed by atoms with Crippen LogP contribution in [0.5, 0.6) is 0 Å². The average molecular weight is 362 g/mol. The predicted octanol–water partition coefficient (Wildman–Crippen LogP) is -0.284. The molecule has 0 N–H and O–H groups in total. The van der Waals surface area contributed by atoms with E-state index in [1.54, 1.807) is 0 Å². The summed E-state index contributed by atoms with van der Waals surface area (Å²) < 4.78 is 31.1. The molecule has 0 unspecified atom stereocenters. The van der Waals surface area contributed by atoms with Crippen LogP contribution in [0.3, 0.4) is 0 Å². The van der Waals surface area contributed by atoms with E-state index in [4.69, 9.17) is 28.4 Å². The van der Waals surface area contributed by atoms with E-state index in [-0.39, 0.29) is 6.61 Å². The minimum absolute atomic E-state index is 0.280. The van der Waals surface area contributed by atoms with Gasteiger partial charge in [0.1, 0.15) is 18.8 Å². The van der Waals surface area contributed by atoms with Gasteiger partial charge in [0.05, 0.1) is 0 Å². The number of hydrogen-bond donors (Lipinski definition) is 0. The lowest BCUT2D eigenvalue weighted by molar-refractivity contribution is -0.301. The van der Waals surface area contributed by atoms with Crippen molar-refractivity contribution in [2.24, 2.45) is 0 Å². The van der Waals surface area contributed by atoms with Crippen LogP contribution in [-0.2, 0) is 47.6 Å². The Morgan fingerprint density at radius 1 is 0.760 bits per heavy atom. The average Bonchev–Trinajstić information content (AvgIpc) is 2.46. The molecule has 0 saturated carbocycles. The molecule has 142 valence electrons. The molecular formula is C15H22O10. The molecule has 1 aliphatic heterocycles. The monoisotopic (exact) mass is 362 g/mol. The second-order valence-electron chi connectivity index (χ2n) is 5.30. The molecule has 10 heteroatoms. The van der Waals surface area contributed by atoms with Crippen molar-refractivity contribution >= 4 is 23.9 Å². The number of rotatable bonds is 6. The highest BCUT2D eigenvalue weighted by Crippen LogP contribution is 2.29. The number of carbonyl (C=O) groups excluding carboxylic acids is 4. The third-order valence-corrected chi connectivity index (χ3v) is 3.20. The van der Waals surface area contributed by atoms with E-state index >= 15 is 0 Å². The lowest BCUT2D eigenvalue weighted by atomic mass is 9.98. The van der Waals surface area contributed by atoms with Gasteiger partial charge in [-0.2, -0.15) is 0 Å². The van der Waals surface area contributed by atoms with Gasteiger partial charge in [-0.3, -0.25) is 19.2 Å². The van der Waals surface area contributed by atoms with Gasteiger partial charge in [0.25, 0.3) is 0 Å². The molecule has 0 aromatic heterocycles. The molecule has 0 radical (unpaired) electrons. The van der Waals surface area contributed by atoms with Gasteiger partial charge < -0.3 is 28.4 Å². The number of methoxy groups -OCH3 is 1. The van der Waals surface area contributed by atoms with Crippen LogP contribution in [0, 0.1) is 0 Å². The SMILES string of the molecule is CO[C@@H]1[C@@H](OC(C)=O)[C@H](OC(C)=O)O[C@H](COC(C)=O)[C@H]1OC(C)=O. The first-order chi connectivity index (χ1) is 11.6. The Morgan fingerprint density at radius 2 is 1.28 bits per heavy atom. The van der Waals surface area contributed by atoms with E-state index in [2.05, 4.69) is 0 Å². The van der Waals surface area contributed by atoms with Gasteiger partial charge in [0.2, 0.25) is 6.29 Å². The minimum atomic E-state index is -1.32. The summed E-state index contributed by atoms with van der Waals surface area (Å²) in [6.45, 7) is 4.40. The lowest BCUT2D eigenvalue weighted by Gasteiger charge is -2.43. The first-order valence-electron chi connectivity index (χ1n) is 7.49. The fourth-order valence-corrected chi connectivity index (χ4v) is 2.39. The van der Waals surface area contributed by atoms with Crippen LogP contribution < -0.4 is 0 Å². The van der Waals surface area contributed by atoms with Crippen molar-refractivity contribution in [3.8, 4) is 0 Å². The minimum Gasteiger partial charge on any atom is -0.463 e. The van der Waals surface area contributed by atoms with Gasteiger partial charge in [-0.15, -0.1) is 0 Å². The molecule has 1 saturated heterocycles. The first-order valence-corrected chi connectivity index (χ1v) is 7.49. The molecule has 25 heavy (non-hydrogen) atoms. The third-order valence-electron chi connectivity index (χ3n) is 3.20. The second kappa shape index (κ2) is 9.33. The number of esters is 4. The zero-order chi connectivity index (χ0) is 19.1. The van der Waals surface area contributed by atoms with Crippen LogP contribution in [0.15, 0.2) is 0 Å². The fourth-order valence-electron chi connectivity index (χ4n) is 2.39. The van der Waals surface area contributed by atoms with Crippen molar-refractivity contribution in [1.82, 2.24) is 0 Å². The predicted molar refractivity (Wildman–Crippen MR) is 79.0 cm³/mol. The summed E-state index contributed by atoms with van der Waals surface area (Å²) in [6.07, 6.45) is -5.55. The topological polar surface area (TPSA) is 124 Å². The summed E-state index contributed by atoms with van der Waals surface area (Å²) in [5.41, 5.74) is 0. The maximum Gasteiger partial charge on any atom is 0.305 e. The normalized spacial score (nSPS) is 28.6. The van der Waals surface area contributed by atoms with E-state index in [1.165, 1.54) is 21.0 Å². The van der Waals surface area contributed by atoms with Crippen LogP contribution in [-0.4, -0.2) is 68.3 Å². The Labute approximate surface area is 144 Å². The number of ether oxygens (including phenoxy) is 6. The largest absolute Gasteiger partial charge is 0.463 e. The van der Waals surface area contributed by atoms with E-state index in [9.17, 15) is 19.2 Å². The van der Waals surface area contributed by atoms with Crippen molar-refractivity contribution in [3.05, 3.63) is 0 Å². The molecule has 1 fully saturated rings. The van der Waals surface area contributed by atoms with Crippen LogP contribution in [0.1, 0.15) is 27.7 Å². The molecule has 1 aliphatic rings. The molecule has 0 amide bonds. The highest BCUT2D eigenvalue weighted by Gasteiger charge is 2.52. The smallest absolute Gasteiger partial charge is 0.305 e. The van der Waals surface area contributed by atoms with Crippen molar-refractivity contribution in [2.45, 2.75) is 58.4 Å². The van der Waals surface area contributed by atoms with Crippen LogP contribution in [0.4, 0.5) is 0 Å². The van der Waals surface area contributed by atoms with Gasteiger partial charge in [-0.25, -0.2) is 0 Å². The quantitative estimate of drug-likeness (QED) is 0.460. The van der Waals surface area contributed by atoms with E-state index in [0.29, 0.717) is 0 Å². The van der Waals surface area contributed by atoms with Gasteiger partial charge >= 0.3 is 23.9 Å². The van der Waals surface area contributed by atoms with Gasteiger partial charge in [-0.1, -0.05) is 0 Å². The molecule has 5 atom stereocenters. The summed E-state index contributed by atoms with van der Waals surface area (Å²) in [5.74, 6) is -2.58. The van der Waals surface area contributed by atoms with Crippen molar-refractivity contribution in [3.63, 3.8) is 0 Å². The summed E-state index contributed by atoms with van der Waals surface area (Å²) in [6, 6.07) is 0. The van der Waals surface area contributed by atoms with Crippen LogP contribution >= 0.6 is 0 Å². The third kappa shape index (κ3) is 6.31. The molecule has 1 heterocycles. The van der Waals surface area contributed by atoms with E-state index in [0.717, 1.165) is 13.8 Å². The van der Waals surface area contributed by atoms with E-state index < -0.39 is 54.6 Å². The Bertz CT molecular complexity index is 516. The van der Waals surface area contributed by atoms with Crippen LogP contribution in [0.25, 0.3) is 0 Å². The van der Waals surface area contributed by atoms with E-state index in [1.807, 2.05) is 0 Å².